The molecule has 0 radical (unpaired) electrons. The van der Waals surface area contributed by atoms with Crippen molar-refractivity contribution in [2.75, 3.05) is 6.54 Å². The predicted molar refractivity (Wildman–Crippen MR) is 78.5 cm³/mol. The average molecular weight is 286 g/mol. The highest BCUT2D eigenvalue weighted by molar-refractivity contribution is 5.03. The van der Waals surface area contributed by atoms with Gasteiger partial charge in [-0.25, -0.2) is 0 Å². The van der Waals surface area contributed by atoms with E-state index in [4.69, 9.17) is 4.42 Å². The van der Waals surface area contributed by atoms with Gasteiger partial charge >= 0.3 is 0 Å². The van der Waals surface area contributed by atoms with Crippen molar-refractivity contribution in [3.05, 3.63) is 36.3 Å². The fraction of sp³-hybridized carbons (Fsp3) is 0.625. The van der Waals surface area contributed by atoms with Crippen molar-refractivity contribution in [3.8, 4) is 0 Å². The zero-order valence-electron chi connectivity index (χ0n) is 12.3. The van der Waals surface area contributed by atoms with E-state index in [-0.39, 0.29) is 0 Å². The quantitative estimate of drug-likeness (QED) is 0.847. The van der Waals surface area contributed by atoms with Crippen LogP contribution < -0.4 is 0 Å². The first kappa shape index (κ1) is 13.1. The Kier molecular flexibility index (Phi) is 3.51. The minimum atomic E-state index is 0.380. The summed E-state index contributed by atoms with van der Waals surface area (Å²) in [6.07, 6.45) is 10.1. The Balaban J connectivity index is 1.54. The molecule has 0 N–H and O–H groups in total. The van der Waals surface area contributed by atoms with Crippen LogP contribution in [0.2, 0.25) is 0 Å². The highest BCUT2D eigenvalue weighted by Gasteiger charge is 2.30. The van der Waals surface area contributed by atoms with Gasteiger partial charge in [0.2, 0.25) is 0 Å². The van der Waals surface area contributed by atoms with Crippen LogP contribution >= 0.6 is 0 Å². The lowest BCUT2D eigenvalue weighted by Crippen LogP contribution is -2.34. The van der Waals surface area contributed by atoms with E-state index in [1.807, 2.05) is 12.4 Å². The molecule has 1 saturated heterocycles. The Morgan fingerprint density at radius 2 is 2.19 bits per heavy atom. The largest absolute Gasteiger partial charge is 0.468 e. The van der Waals surface area contributed by atoms with Crippen LogP contribution in [0, 0.1) is 5.92 Å². The predicted octanol–water partition coefficient (Wildman–Crippen LogP) is 3.01. The first-order valence-electron chi connectivity index (χ1n) is 8.04. The third-order valence-corrected chi connectivity index (χ3v) is 4.65. The van der Waals surface area contributed by atoms with Crippen molar-refractivity contribution in [1.82, 2.24) is 19.7 Å². The van der Waals surface area contributed by atoms with Crippen molar-refractivity contribution in [2.24, 2.45) is 5.92 Å². The van der Waals surface area contributed by atoms with E-state index >= 15 is 0 Å². The molecular formula is C16H22N4O. The van der Waals surface area contributed by atoms with Gasteiger partial charge in [0.25, 0.3) is 0 Å². The monoisotopic (exact) mass is 286 g/mol. The number of hydrogen-bond acceptors (Lipinski definition) is 4. The number of likely N-dealkylation sites (tertiary alicyclic amines) is 1. The number of aromatic nitrogens is 3. The molecule has 4 rings (SSSR count). The summed E-state index contributed by atoms with van der Waals surface area (Å²) in [4.78, 5) is 2.50. The molecule has 5 heteroatoms. The van der Waals surface area contributed by atoms with Crippen LogP contribution in [0.25, 0.3) is 0 Å². The van der Waals surface area contributed by atoms with Gasteiger partial charge in [0, 0.05) is 6.54 Å². The van der Waals surface area contributed by atoms with E-state index in [1.165, 1.54) is 32.1 Å². The Hall–Kier alpha value is -1.62. The molecule has 112 valence electrons. The minimum absolute atomic E-state index is 0.380. The van der Waals surface area contributed by atoms with E-state index in [0.717, 1.165) is 37.1 Å². The maximum Gasteiger partial charge on any atom is 0.150 e. The van der Waals surface area contributed by atoms with Gasteiger partial charge in [-0.05, 0) is 50.3 Å². The van der Waals surface area contributed by atoms with Crippen molar-refractivity contribution in [3.63, 3.8) is 0 Å². The van der Waals surface area contributed by atoms with Crippen LogP contribution in [0.3, 0.4) is 0 Å². The third kappa shape index (κ3) is 2.88. The summed E-state index contributed by atoms with van der Waals surface area (Å²) in [6, 6.07) is 4.40. The van der Waals surface area contributed by atoms with Crippen molar-refractivity contribution in [2.45, 2.75) is 51.2 Å². The average Bonchev–Trinajstić information content (AvgIpc) is 2.98. The SMILES string of the molecule is c1coc(CN2CCCC[C@H]2c2nncn2CC2CC2)c1. The van der Waals surface area contributed by atoms with Crippen LogP contribution in [0.4, 0.5) is 0 Å². The second kappa shape index (κ2) is 5.64. The first-order valence-corrected chi connectivity index (χ1v) is 8.04. The Bertz CT molecular complexity index is 573. The topological polar surface area (TPSA) is 47.1 Å². The third-order valence-electron chi connectivity index (χ3n) is 4.65. The van der Waals surface area contributed by atoms with Gasteiger partial charge in [-0.2, -0.15) is 0 Å². The van der Waals surface area contributed by atoms with Gasteiger partial charge in [0.15, 0.2) is 0 Å². The summed E-state index contributed by atoms with van der Waals surface area (Å²) in [6.45, 7) is 3.07. The van der Waals surface area contributed by atoms with Crippen LogP contribution in [-0.2, 0) is 13.1 Å². The van der Waals surface area contributed by atoms with Gasteiger partial charge in [-0.3, -0.25) is 4.90 Å². The van der Waals surface area contributed by atoms with E-state index in [0.29, 0.717) is 6.04 Å². The van der Waals surface area contributed by atoms with Crippen molar-refractivity contribution < 1.29 is 4.42 Å². The number of nitrogens with zero attached hydrogens (tertiary/aromatic N) is 4. The summed E-state index contributed by atoms with van der Waals surface area (Å²) in [5.41, 5.74) is 0. The maximum absolute atomic E-state index is 5.52. The molecule has 2 aromatic rings. The molecule has 0 spiro atoms. The Morgan fingerprint density at radius 1 is 1.24 bits per heavy atom. The summed E-state index contributed by atoms with van der Waals surface area (Å²) in [7, 11) is 0. The second-order valence-electron chi connectivity index (χ2n) is 6.35. The van der Waals surface area contributed by atoms with E-state index in [1.54, 1.807) is 6.26 Å². The molecule has 0 aromatic carbocycles. The lowest BCUT2D eigenvalue weighted by molar-refractivity contribution is 0.120. The summed E-state index contributed by atoms with van der Waals surface area (Å²) in [5.74, 6) is 3.03. The fourth-order valence-electron chi connectivity index (χ4n) is 3.32. The first-order chi connectivity index (χ1) is 10.4. The molecule has 0 bridgehead atoms. The molecule has 1 atom stereocenters. The number of piperidine rings is 1. The molecule has 0 amide bonds. The summed E-state index contributed by atoms with van der Waals surface area (Å²) < 4.78 is 7.80. The lowest BCUT2D eigenvalue weighted by Gasteiger charge is -2.34. The highest BCUT2D eigenvalue weighted by atomic mass is 16.3. The van der Waals surface area contributed by atoms with Crippen LogP contribution in [0.5, 0.6) is 0 Å². The normalized spacial score (nSPS) is 23.5. The molecule has 5 nitrogen and oxygen atoms in total. The molecule has 2 fully saturated rings. The highest BCUT2D eigenvalue weighted by Crippen LogP contribution is 2.34. The number of rotatable bonds is 5. The van der Waals surface area contributed by atoms with Gasteiger partial charge in [0.05, 0.1) is 18.8 Å². The van der Waals surface area contributed by atoms with Crippen LogP contribution in [0.15, 0.2) is 29.1 Å². The van der Waals surface area contributed by atoms with Crippen molar-refractivity contribution in [1.29, 1.82) is 0 Å². The molecule has 1 aliphatic carbocycles. The molecule has 3 heterocycles. The van der Waals surface area contributed by atoms with Crippen molar-refractivity contribution >= 4 is 0 Å². The van der Waals surface area contributed by atoms with Gasteiger partial charge in [-0.1, -0.05) is 6.42 Å². The molecule has 0 unspecified atom stereocenters. The lowest BCUT2D eigenvalue weighted by atomic mass is 10.0. The molecule has 1 saturated carbocycles. The molecule has 1 aliphatic heterocycles. The van der Waals surface area contributed by atoms with Gasteiger partial charge in [0.1, 0.15) is 17.9 Å². The maximum atomic E-state index is 5.52. The molecule has 2 aliphatic rings. The fourth-order valence-corrected chi connectivity index (χ4v) is 3.32. The Morgan fingerprint density at radius 3 is 3.00 bits per heavy atom. The van der Waals surface area contributed by atoms with Crippen LogP contribution in [-0.4, -0.2) is 26.2 Å². The molecular weight excluding hydrogens is 264 g/mol. The van der Waals surface area contributed by atoms with Gasteiger partial charge < -0.3 is 8.98 Å². The number of furan rings is 1. The summed E-state index contributed by atoms with van der Waals surface area (Å²) in [5, 5.41) is 8.61. The zero-order valence-corrected chi connectivity index (χ0v) is 12.3. The van der Waals surface area contributed by atoms with Crippen LogP contribution in [0.1, 0.15) is 49.7 Å². The van der Waals surface area contributed by atoms with Gasteiger partial charge in [-0.15, -0.1) is 10.2 Å². The molecule has 21 heavy (non-hydrogen) atoms. The zero-order chi connectivity index (χ0) is 14.1. The Labute approximate surface area is 125 Å². The van der Waals surface area contributed by atoms with E-state index in [2.05, 4.69) is 25.7 Å². The standard InChI is InChI=1S/C16H22N4O/c1-2-8-19(11-14-4-3-9-21-14)15(5-1)16-18-17-12-20(16)10-13-6-7-13/h3-4,9,12-13,15H,1-2,5-8,10-11H2/t15-/m0/s1. The number of hydrogen-bond donors (Lipinski definition) is 0. The minimum Gasteiger partial charge on any atom is -0.468 e. The second-order valence-corrected chi connectivity index (χ2v) is 6.35. The van der Waals surface area contributed by atoms with E-state index < -0.39 is 0 Å². The summed E-state index contributed by atoms with van der Waals surface area (Å²) >= 11 is 0. The van der Waals surface area contributed by atoms with E-state index in [9.17, 15) is 0 Å². The molecule has 2 aromatic heterocycles. The smallest absolute Gasteiger partial charge is 0.150 e.